The van der Waals surface area contributed by atoms with Gasteiger partial charge in [0.25, 0.3) is 0 Å². The number of benzene rings is 1. The molecule has 0 N–H and O–H groups in total. The molecule has 1 aromatic carbocycles. The summed E-state index contributed by atoms with van der Waals surface area (Å²) in [5, 5.41) is 0.412. The Hall–Kier alpha value is -1.50. The van der Waals surface area contributed by atoms with Crippen LogP contribution in [-0.4, -0.2) is 28.3 Å². The van der Waals surface area contributed by atoms with E-state index in [1.165, 1.54) is 6.07 Å². The van der Waals surface area contributed by atoms with Gasteiger partial charge in [-0.1, -0.05) is 15.9 Å². The van der Waals surface area contributed by atoms with Gasteiger partial charge in [0.2, 0.25) is 5.91 Å². The van der Waals surface area contributed by atoms with Crippen molar-refractivity contribution in [3.8, 4) is 5.75 Å². The quantitative estimate of drug-likeness (QED) is 0.675. The first-order valence-corrected chi connectivity index (χ1v) is 8.78. The van der Waals surface area contributed by atoms with Crippen molar-refractivity contribution in [3.05, 3.63) is 34.9 Å². The maximum Gasteiger partial charge on any atom is 0.416 e. The molecular weight excluding hydrogens is 387 g/mol. The van der Waals surface area contributed by atoms with Crippen molar-refractivity contribution >= 4 is 27.5 Å². The van der Waals surface area contributed by atoms with Crippen LogP contribution >= 0.6 is 15.9 Å². The summed E-state index contributed by atoms with van der Waals surface area (Å²) in [6.45, 7) is 4.21. The number of carbonyl (C=O) groups is 1. The predicted octanol–water partition coefficient (Wildman–Crippen LogP) is 4.60. The second kappa shape index (κ2) is 5.79. The van der Waals surface area contributed by atoms with E-state index in [1.54, 1.807) is 4.90 Å². The third-order valence-electron chi connectivity index (χ3n) is 4.42. The van der Waals surface area contributed by atoms with Gasteiger partial charge in [0, 0.05) is 29.4 Å². The summed E-state index contributed by atoms with van der Waals surface area (Å²) in [5.41, 5.74) is 0.182. The molecule has 7 heteroatoms. The molecule has 0 radical (unpaired) electrons. The van der Waals surface area contributed by atoms with Crippen LogP contribution in [0.1, 0.15) is 37.8 Å². The highest BCUT2D eigenvalue weighted by Crippen LogP contribution is 2.45. The van der Waals surface area contributed by atoms with Crippen molar-refractivity contribution < 1.29 is 22.7 Å². The van der Waals surface area contributed by atoms with E-state index in [4.69, 9.17) is 4.74 Å². The summed E-state index contributed by atoms with van der Waals surface area (Å²) in [4.78, 5) is 13.8. The lowest BCUT2D eigenvalue weighted by Crippen LogP contribution is -2.39. The molecule has 0 aromatic heterocycles. The summed E-state index contributed by atoms with van der Waals surface area (Å²) < 4.78 is 45.3. The number of ether oxygens (including phenoxy) is 1. The van der Waals surface area contributed by atoms with Crippen LogP contribution in [0, 0.1) is 0 Å². The van der Waals surface area contributed by atoms with E-state index < -0.39 is 17.3 Å². The Balaban J connectivity index is 2.24. The lowest BCUT2D eigenvalue weighted by molar-refractivity contribution is -0.137. The fourth-order valence-electron chi connectivity index (χ4n) is 3.18. The molecule has 1 amide bonds. The molecule has 0 aliphatic carbocycles. The van der Waals surface area contributed by atoms with Gasteiger partial charge in [-0.2, -0.15) is 13.2 Å². The molecular formula is C17H17BrF3NO2. The van der Waals surface area contributed by atoms with Gasteiger partial charge in [0.15, 0.2) is 0 Å². The zero-order valence-corrected chi connectivity index (χ0v) is 14.9. The molecule has 0 bridgehead atoms. The number of halogens is 4. The highest BCUT2D eigenvalue weighted by Gasteiger charge is 2.40. The zero-order chi connectivity index (χ0) is 17.7. The Morgan fingerprint density at radius 2 is 2.04 bits per heavy atom. The summed E-state index contributed by atoms with van der Waals surface area (Å²) in [5.74, 6) is 0.303. The van der Waals surface area contributed by atoms with Crippen LogP contribution in [0.15, 0.2) is 23.8 Å². The first-order chi connectivity index (χ1) is 11.1. The zero-order valence-electron chi connectivity index (χ0n) is 13.3. The van der Waals surface area contributed by atoms with Crippen LogP contribution in [-0.2, 0) is 11.0 Å². The number of amides is 1. The van der Waals surface area contributed by atoms with E-state index in [0.717, 1.165) is 17.7 Å². The minimum atomic E-state index is -4.45. The average Bonchev–Trinajstić information content (AvgIpc) is 2.89. The molecule has 1 aromatic rings. The SMILES string of the molecule is CC1(C)Oc2ccc(C(F)(F)F)cc2C(N2CCCC2=O)=C1CBr. The third kappa shape index (κ3) is 2.83. The molecule has 0 unspecified atom stereocenters. The topological polar surface area (TPSA) is 29.5 Å². The van der Waals surface area contributed by atoms with Gasteiger partial charge >= 0.3 is 6.18 Å². The van der Waals surface area contributed by atoms with Gasteiger partial charge in [-0.05, 0) is 38.5 Å². The average molecular weight is 404 g/mol. The van der Waals surface area contributed by atoms with Gasteiger partial charge in [-0.3, -0.25) is 4.79 Å². The maximum absolute atomic E-state index is 13.1. The van der Waals surface area contributed by atoms with Crippen LogP contribution in [0.2, 0.25) is 0 Å². The maximum atomic E-state index is 13.1. The van der Waals surface area contributed by atoms with Crippen molar-refractivity contribution in [2.24, 2.45) is 0 Å². The van der Waals surface area contributed by atoms with Gasteiger partial charge in [0.05, 0.1) is 11.3 Å². The molecule has 2 heterocycles. The van der Waals surface area contributed by atoms with Crippen LogP contribution in [0.5, 0.6) is 5.75 Å². The number of hydrogen-bond acceptors (Lipinski definition) is 2. The second-order valence-electron chi connectivity index (χ2n) is 6.43. The lowest BCUT2D eigenvalue weighted by atomic mass is 9.89. The van der Waals surface area contributed by atoms with Crippen LogP contribution < -0.4 is 4.74 Å². The number of nitrogens with zero attached hydrogens (tertiary/aromatic N) is 1. The van der Waals surface area contributed by atoms with Crippen molar-refractivity contribution in [2.75, 3.05) is 11.9 Å². The Morgan fingerprint density at radius 1 is 1.33 bits per heavy atom. The molecule has 3 nitrogen and oxygen atoms in total. The van der Waals surface area contributed by atoms with E-state index in [-0.39, 0.29) is 5.91 Å². The van der Waals surface area contributed by atoms with Crippen LogP contribution in [0.4, 0.5) is 13.2 Å². The molecule has 130 valence electrons. The molecule has 0 atom stereocenters. The minimum absolute atomic E-state index is 0.0653. The van der Waals surface area contributed by atoms with E-state index in [0.29, 0.717) is 41.7 Å². The van der Waals surface area contributed by atoms with Gasteiger partial charge in [-0.25, -0.2) is 0 Å². The van der Waals surface area contributed by atoms with E-state index in [2.05, 4.69) is 15.9 Å². The molecule has 2 aliphatic rings. The molecule has 1 saturated heterocycles. The highest BCUT2D eigenvalue weighted by atomic mass is 79.9. The Labute approximate surface area is 146 Å². The summed E-state index contributed by atoms with van der Waals surface area (Å²) >= 11 is 3.41. The first-order valence-electron chi connectivity index (χ1n) is 7.66. The van der Waals surface area contributed by atoms with Crippen molar-refractivity contribution in [3.63, 3.8) is 0 Å². The van der Waals surface area contributed by atoms with E-state index in [9.17, 15) is 18.0 Å². The smallest absolute Gasteiger partial charge is 0.416 e. The fraction of sp³-hybridized carbons (Fsp3) is 0.471. The standard InChI is InChI=1S/C17H17BrF3NO2/c1-16(2)12(9-18)15(22-7-3-4-14(22)23)11-8-10(17(19,20)21)5-6-13(11)24-16/h5-6,8H,3-4,7,9H2,1-2H3. The van der Waals surface area contributed by atoms with Crippen molar-refractivity contribution in [1.82, 2.24) is 4.90 Å². The molecule has 2 aliphatic heterocycles. The number of likely N-dealkylation sites (tertiary alicyclic amines) is 1. The van der Waals surface area contributed by atoms with Gasteiger partial charge in [-0.15, -0.1) is 0 Å². The molecule has 24 heavy (non-hydrogen) atoms. The lowest BCUT2D eigenvalue weighted by Gasteiger charge is -2.39. The number of hydrogen-bond donors (Lipinski definition) is 0. The van der Waals surface area contributed by atoms with E-state index >= 15 is 0 Å². The monoisotopic (exact) mass is 403 g/mol. The number of carbonyl (C=O) groups excluding carboxylic acids is 1. The summed E-state index contributed by atoms with van der Waals surface area (Å²) in [7, 11) is 0. The number of rotatable bonds is 2. The molecule has 0 spiro atoms. The van der Waals surface area contributed by atoms with E-state index in [1.807, 2.05) is 13.8 Å². The normalized spacial score (nSPS) is 20.2. The van der Waals surface area contributed by atoms with Gasteiger partial charge < -0.3 is 9.64 Å². The highest BCUT2D eigenvalue weighted by molar-refractivity contribution is 9.09. The Morgan fingerprint density at radius 3 is 2.58 bits per heavy atom. The largest absolute Gasteiger partial charge is 0.483 e. The molecule has 0 saturated carbocycles. The first kappa shape index (κ1) is 17.3. The summed E-state index contributed by atoms with van der Waals surface area (Å²) in [6, 6.07) is 3.43. The fourth-order valence-corrected chi connectivity index (χ4v) is 4.12. The summed E-state index contributed by atoms with van der Waals surface area (Å²) in [6.07, 6.45) is -3.33. The number of alkyl halides is 4. The molecule has 3 rings (SSSR count). The predicted molar refractivity (Wildman–Crippen MR) is 87.8 cm³/mol. The second-order valence-corrected chi connectivity index (χ2v) is 6.99. The van der Waals surface area contributed by atoms with Gasteiger partial charge in [0.1, 0.15) is 11.4 Å². The van der Waals surface area contributed by atoms with Crippen LogP contribution in [0.25, 0.3) is 5.70 Å². The van der Waals surface area contributed by atoms with Crippen LogP contribution in [0.3, 0.4) is 0 Å². The molecule has 1 fully saturated rings. The Bertz CT molecular complexity index is 725. The Kier molecular flexibility index (Phi) is 4.18. The number of fused-ring (bicyclic) bond motifs is 1. The minimum Gasteiger partial charge on any atom is -0.483 e. The van der Waals surface area contributed by atoms with Crippen molar-refractivity contribution in [1.29, 1.82) is 0 Å². The third-order valence-corrected chi connectivity index (χ3v) is 4.98. The van der Waals surface area contributed by atoms with Crippen molar-refractivity contribution in [2.45, 2.75) is 38.5 Å².